The van der Waals surface area contributed by atoms with E-state index in [1.165, 1.54) is 57.4 Å². The van der Waals surface area contributed by atoms with Crippen LogP contribution in [0, 0.1) is 41.0 Å². The summed E-state index contributed by atoms with van der Waals surface area (Å²) in [4.78, 5) is 0. The second kappa shape index (κ2) is 14.9. The van der Waals surface area contributed by atoms with Gasteiger partial charge in [-0.15, -0.1) is 0 Å². The first-order valence-corrected chi connectivity index (χ1v) is 16.0. The Balaban J connectivity index is 1.11. The zero-order chi connectivity index (χ0) is 32.0. The van der Waals surface area contributed by atoms with Crippen LogP contribution in [-0.2, 0) is 4.74 Å². The zero-order valence-electron chi connectivity index (χ0n) is 25.5. The number of benzene rings is 3. The lowest BCUT2D eigenvalue weighted by Gasteiger charge is -2.38. The highest BCUT2D eigenvalue weighted by Crippen LogP contribution is 2.41. The molecule has 0 N–H and O–H groups in total. The first-order valence-electron chi connectivity index (χ1n) is 16.0. The minimum atomic E-state index is -3.77. The van der Waals surface area contributed by atoms with E-state index in [-0.39, 0.29) is 17.2 Å². The highest BCUT2D eigenvalue weighted by Gasteiger charge is 2.32. The lowest BCUT2D eigenvalue weighted by molar-refractivity contribution is -0.131. The van der Waals surface area contributed by atoms with Gasteiger partial charge >= 0.3 is 6.11 Å². The molecular weight excluding hydrogens is 590 g/mol. The molecule has 45 heavy (non-hydrogen) atoms. The van der Waals surface area contributed by atoms with Gasteiger partial charge in [0.2, 0.25) is 0 Å². The molecule has 1 aliphatic carbocycles. The van der Waals surface area contributed by atoms with Gasteiger partial charge in [-0.1, -0.05) is 69.7 Å². The Morgan fingerprint density at radius 2 is 1.49 bits per heavy atom. The molecule has 3 aromatic rings. The molecule has 242 valence electrons. The molecule has 1 aliphatic heterocycles. The van der Waals surface area contributed by atoms with E-state index >= 15 is 0 Å². The largest absolute Gasteiger partial charge is 0.429 e. The molecule has 2 aliphatic rings. The van der Waals surface area contributed by atoms with Crippen molar-refractivity contribution in [3.63, 3.8) is 0 Å². The highest BCUT2D eigenvalue weighted by atomic mass is 19.3. The number of hydrogen-bond donors (Lipinski definition) is 0. The maximum atomic E-state index is 14.6. The Kier molecular flexibility index (Phi) is 11.0. The summed E-state index contributed by atoms with van der Waals surface area (Å²) >= 11 is 0. The summed E-state index contributed by atoms with van der Waals surface area (Å²) in [6.07, 6.45) is 10.8. The molecule has 2 fully saturated rings. The van der Waals surface area contributed by atoms with Gasteiger partial charge in [-0.25, -0.2) is 17.6 Å². The summed E-state index contributed by atoms with van der Waals surface area (Å²) in [7, 11) is 0. The van der Waals surface area contributed by atoms with Crippen LogP contribution in [0.25, 0.3) is 17.2 Å². The molecule has 8 heteroatoms. The minimum Gasteiger partial charge on any atom is -0.429 e. The number of rotatable bonds is 11. The van der Waals surface area contributed by atoms with Crippen LogP contribution in [0.3, 0.4) is 0 Å². The van der Waals surface area contributed by atoms with Crippen LogP contribution < -0.4 is 4.74 Å². The predicted octanol–water partition coefficient (Wildman–Crippen LogP) is 11.4. The molecule has 1 saturated carbocycles. The van der Waals surface area contributed by atoms with E-state index in [0.29, 0.717) is 35.8 Å². The molecule has 2 atom stereocenters. The van der Waals surface area contributed by atoms with Crippen LogP contribution in [0.15, 0.2) is 60.7 Å². The normalized spacial score (nSPS) is 22.6. The van der Waals surface area contributed by atoms with Gasteiger partial charge < -0.3 is 9.47 Å². The third kappa shape index (κ3) is 8.72. The number of unbranched alkanes of at least 4 members (excludes halogenated alkanes) is 2. The van der Waals surface area contributed by atoms with Gasteiger partial charge in [0, 0.05) is 17.7 Å². The standard InChI is InChI=1S/C37H40F6O2/c1-2-3-4-5-24-6-10-26(11-7-24)28-14-17-35(44-23-28)27-12-8-25(9-13-27)18-19-37(42,43)45-30-15-16-31(32(38)22-30)29-20-33(39)36(41)34(40)21-29/h8-9,12-13,15-16,18-22,24,26,28,35H,2-7,10-11,14,17,23H2,1H3. The maximum absolute atomic E-state index is 14.6. The predicted molar refractivity (Wildman–Crippen MR) is 164 cm³/mol. The van der Waals surface area contributed by atoms with E-state index in [2.05, 4.69) is 11.7 Å². The van der Waals surface area contributed by atoms with Crippen molar-refractivity contribution in [2.45, 2.75) is 83.3 Å². The van der Waals surface area contributed by atoms with E-state index in [9.17, 15) is 26.3 Å². The molecular formula is C37H40F6O2. The van der Waals surface area contributed by atoms with Crippen LogP contribution >= 0.6 is 0 Å². The smallest absolute Gasteiger partial charge is 0.419 e. The molecule has 1 heterocycles. The molecule has 3 aromatic carbocycles. The molecule has 1 saturated heterocycles. The van der Waals surface area contributed by atoms with E-state index in [1.807, 2.05) is 12.1 Å². The lowest BCUT2D eigenvalue weighted by Crippen LogP contribution is -2.29. The van der Waals surface area contributed by atoms with Crippen LogP contribution in [-0.4, -0.2) is 12.7 Å². The second-order valence-electron chi connectivity index (χ2n) is 12.5. The molecule has 0 amide bonds. The van der Waals surface area contributed by atoms with Gasteiger partial charge in [0.25, 0.3) is 0 Å². The first kappa shape index (κ1) is 33.1. The lowest BCUT2D eigenvalue weighted by atomic mass is 9.72. The molecule has 0 spiro atoms. The van der Waals surface area contributed by atoms with E-state index in [1.54, 1.807) is 12.1 Å². The fourth-order valence-corrected chi connectivity index (χ4v) is 6.75. The maximum Gasteiger partial charge on any atom is 0.419 e. The van der Waals surface area contributed by atoms with Gasteiger partial charge in [-0.2, -0.15) is 8.78 Å². The van der Waals surface area contributed by atoms with E-state index in [0.717, 1.165) is 49.0 Å². The van der Waals surface area contributed by atoms with Crippen LogP contribution in [0.4, 0.5) is 26.3 Å². The summed E-state index contributed by atoms with van der Waals surface area (Å²) in [5.74, 6) is -3.95. The van der Waals surface area contributed by atoms with Crippen molar-refractivity contribution < 1.29 is 35.8 Å². The Labute approximate surface area is 261 Å². The Morgan fingerprint density at radius 3 is 2.11 bits per heavy atom. The van der Waals surface area contributed by atoms with E-state index in [4.69, 9.17) is 4.74 Å². The first-order chi connectivity index (χ1) is 21.6. The van der Waals surface area contributed by atoms with Crippen molar-refractivity contribution in [3.05, 3.63) is 95.1 Å². The molecule has 5 rings (SSSR count). The number of alkyl halides is 2. The molecule has 0 radical (unpaired) electrons. The summed E-state index contributed by atoms with van der Waals surface area (Å²) in [5.41, 5.74) is 0.981. The van der Waals surface area contributed by atoms with Crippen LogP contribution in [0.2, 0.25) is 0 Å². The van der Waals surface area contributed by atoms with Gasteiger partial charge in [0.15, 0.2) is 17.5 Å². The molecule has 2 unspecified atom stereocenters. The second-order valence-corrected chi connectivity index (χ2v) is 12.5. The fraction of sp³-hybridized carbons (Fsp3) is 0.459. The Bertz CT molecular complexity index is 1410. The molecule has 0 bridgehead atoms. The van der Waals surface area contributed by atoms with Gasteiger partial charge in [0.1, 0.15) is 11.6 Å². The monoisotopic (exact) mass is 630 g/mol. The minimum absolute atomic E-state index is 0.00444. The Morgan fingerprint density at radius 1 is 0.800 bits per heavy atom. The third-order valence-electron chi connectivity index (χ3n) is 9.35. The van der Waals surface area contributed by atoms with Gasteiger partial charge in [-0.3, -0.25) is 0 Å². The van der Waals surface area contributed by atoms with Crippen molar-refractivity contribution in [1.29, 1.82) is 0 Å². The fourth-order valence-electron chi connectivity index (χ4n) is 6.75. The van der Waals surface area contributed by atoms with Crippen molar-refractivity contribution in [1.82, 2.24) is 0 Å². The topological polar surface area (TPSA) is 18.5 Å². The number of halogens is 6. The zero-order valence-corrected chi connectivity index (χ0v) is 25.5. The molecule has 2 nitrogen and oxygen atoms in total. The van der Waals surface area contributed by atoms with Crippen molar-refractivity contribution in [2.24, 2.45) is 17.8 Å². The average molecular weight is 631 g/mol. The summed E-state index contributed by atoms with van der Waals surface area (Å²) < 4.78 is 95.0. The number of hydrogen-bond acceptors (Lipinski definition) is 2. The highest BCUT2D eigenvalue weighted by molar-refractivity contribution is 5.65. The van der Waals surface area contributed by atoms with E-state index < -0.39 is 35.1 Å². The quantitative estimate of drug-likeness (QED) is 0.119. The summed E-state index contributed by atoms with van der Waals surface area (Å²) in [5, 5.41) is 0. The van der Waals surface area contributed by atoms with Gasteiger partial charge in [0.05, 0.1) is 12.7 Å². The summed E-state index contributed by atoms with van der Waals surface area (Å²) in [6.45, 7) is 3.02. The van der Waals surface area contributed by atoms with Crippen molar-refractivity contribution in [3.8, 4) is 16.9 Å². The summed E-state index contributed by atoms with van der Waals surface area (Å²) in [6, 6.07) is 11.3. The third-order valence-corrected chi connectivity index (χ3v) is 9.35. The van der Waals surface area contributed by atoms with Crippen LogP contribution in [0.5, 0.6) is 5.75 Å². The van der Waals surface area contributed by atoms with Crippen molar-refractivity contribution >= 4 is 6.08 Å². The van der Waals surface area contributed by atoms with Crippen LogP contribution in [0.1, 0.15) is 88.4 Å². The Hall–Kier alpha value is -3.26. The molecule has 0 aromatic heterocycles. The average Bonchev–Trinajstić information content (AvgIpc) is 3.03. The van der Waals surface area contributed by atoms with Gasteiger partial charge in [-0.05, 0) is 90.5 Å². The SMILES string of the molecule is CCCCCC1CCC(C2CCC(c3ccc(C=CC(F)(F)Oc4ccc(-c5cc(F)c(F)c(F)c5)c(F)c4)cc3)OC2)CC1. The van der Waals surface area contributed by atoms with Crippen molar-refractivity contribution in [2.75, 3.05) is 6.61 Å². The number of ether oxygens (including phenoxy) is 2.